The van der Waals surface area contributed by atoms with Crippen LogP contribution >= 0.6 is 0 Å². The number of benzene rings is 3. The van der Waals surface area contributed by atoms with E-state index in [1.54, 1.807) is 36.4 Å². The highest BCUT2D eigenvalue weighted by Gasteiger charge is 2.24. The standard InChI is InChI=1S/C25H17N3O3/c29-23-20(24(30)28(25(31)27-23)17-11-5-2-6-12-17)15-19-18-13-7-8-14-21(18)26-22(19)16-9-3-1-4-10-16/h1-15,30H,(H,27,29,31). The Labute approximate surface area is 177 Å². The molecule has 0 saturated heterocycles. The highest BCUT2D eigenvalue weighted by molar-refractivity contribution is 6.39. The van der Waals surface area contributed by atoms with Gasteiger partial charge in [0.1, 0.15) is 5.56 Å². The van der Waals surface area contributed by atoms with E-state index in [0.29, 0.717) is 17.0 Å². The van der Waals surface area contributed by atoms with Crippen molar-refractivity contribution >= 4 is 23.0 Å². The molecule has 6 nitrogen and oxygen atoms in total. The number of hydrogen-bond acceptors (Lipinski definition) is 4. The Bertz CT molecular complexity index is 1460. The molecule has 150 valence electrons. The molecule has 0 bridgehead atoms. The summed E-state index contributed by atoms with van der Waals surface area (Å²) in [7, 11) is 0. The number of nitrogens with zero attached hydrogens (tertiary/aromatic N) is 2. The Morgan fingerprint density at radius 2 is 1.48 bits per heavy atom. The summed E-state index contributed by atoms with van der Waals surface area (Å²) in [5.41, 5.74) is 2.95. The summed E-state index contributed by atoms with van der Waals surface area (Å²) in [6, 6.07) is 25.9. The molecule has 0 fully saturated rings. The minimum atomic E-state index is -0.709. The molecular weight excluding hydrogens is 390 g/mol. The zero-order valence-corrected chi connectivity index (χ0v) is 16.3. The topological polar surface area (TPSA) is 87.5 Å². The summed E-state index contributed by atoms with van der Waals surface area (Å²) >= 11 is 0. The molecule has 0 aliphatic carbocycles. The van der Waals surface area contributed by atoms with E-state index in [-0.39, 0.29) is 5.56 Å². The zero-order chi connectivity index (χ0) is 21.4. The van der Waals surface area contributed by atoms with Crippen LogP contribution in [0.2, 0.25) is 0 Å². The van der Waals surface area contributed by atoms with Crippen LogP contribution in [-0.2, 0) is 0 Å². The first kappa shape index (κ1) is 18.6. The average Bonchev–Trinajstić information content (AvgIpc) is 3.16. The van der Waals surface area contributed by atoms with E-state index in [2.05, 4.69) is 4.98 Å². The van der Waals surface area contributed by atoms with Gasteiger partial charge in [-0.05, 0) is 24.3 Å². The highest BCUT2D eigenvalue weighted by atomic mass is 16.3. The van der Waals surface area contributed by atoms with Crippen molar-refractivity contribution in [3.05, 3.63) is 122 Å². The van der Waals surface area contributed by atoms with Gasteiger partial charge in [-0.25, -0.2) is 14.4 Å². The molecule has 2 N–H and O–H groups in total. The second-order valence-electron chi connectivity index (χ2n) is 7.07. The second kappa shape index (κ2) is 7.42. The van der Waals surface area contributed by atoms with Gasteiger partial charge < -0.3 is 5.11 Å². The smallest absolute Gasteiger partial charge is 0.335 e. The Balaban J connectivity index is 1.76. The number of aromatic amines is 1. The van der Waals surface area contributed by atoms with E-state index in [1.165, 1.54) is 0 Å². The van der Waals surface area contributed by atoms with Crippen LogP contribution in [0.3, 0.4) is 0 Å². The number of aromatic nitrogens is 2. The fraction of sp³-hybridized carbons (Fsp3) is 0. The lowest BCUT2D eigenvalue weighted by atomic mass is 9.96. The van der Waals surface area contributed by atoms with Crippen LogP contribution in [-0.4, -0.2) is 20.4 Å². The van der Waals surface area contributed by atoms with E-state index >= 15 is 0 Å². The van der Waals surface area contributed by atoms with Gasteiger partial charge >= 0.3 is 5.69 Å². The van der Waals surface area contributed by atoms with Crippen molar-refractivity contribution in [3.63, 3.8) is 0 Å². The molecular formula is C25H17N3O3. The van der Waals surface area contributed by atoms with Crippen LogP contribution in [0.1, 0.15) is 16.7 Å². The lowest BCUT2D eigenvalue weighted by molar-refractivity contribution is 0.429. The number of aromatic hydroxyl groups is 1. The van der Waals surface area contributed by atoms with E-state index in [0.717, 1.165) is 21.4 Å². The summed E-state index contributed by atoms with van der Waals surface area (Å²) in [4.78, 5) is 32.2. The van der Waals surface area contributed by atoms with Gasteiger partial charge in [-0.15, -0.1) is 0 Å². The van der Waals surface area contributed by atoms with Gasteiger partial charge in [-0.1, -0.05) is 66.7 Å². The summed E-state index contributed by atoms with van der Waals surface area (Å²) in [5, 5.41) is 10.9. The van der Waals surface area contributed by atoms with Gasteiger partial charge in [0.15, 0.2) is 0 Å². The van der Waals surface area contributed by atoms with Crippen LogP contribution in [0.25, 0.3) is 17.3 Å². The quantitative estimate of drug-likeness (QED) is 0.540. The first-order chi connectivity index (χ1) is 15.1. The fourth-order valence-electron chi connectivity index (χ4n) is 3.70. The van der Waals surface area contributed by atoms with Gasteiger partial charge in [0.25, 0.3) is 5.56 Å². The number of hydrogen-bond donors (Lipinski definition) is 2. The van der Waals surface area contributed by atoms with E-state index in [1.807, 2.05) is 54.6 Å². The first-order valence-electron chi connectivity index (χ1n) is 9.73. The summed E-state index contributed by atoms with van der Waals surface area (Å²) in [6.45, 7) is 0. The van der Waals surface area contributed by atoms with Gasteiger partial charge in [0.05, 0.1) is 17.1 Å². The normalized spacial score (nSPS) is 13.8. The summed E-state index contributed by atoms with van der Waals surface area (Å²) in [6.07, 6.45) is 1.59. The molecule has 1 aliphatic rings. The van der Waals surface area contributed by atoms with Crippen LogP contribution in [0.15, 0.2) is 99.5 Å². The Kier molecular flexibility index (Phi) is 4.45. The molecule has 0 amide bonds. The zero-order valence-electron chi connectivity index (χ0n) is 16.3. The van der Waals surface area contributed by atoms with E-state index in [4.69, 9.17) is 4.99 Å². The van der Waals surface area contributed by atoms with Crippen LogP contribution in [0, 0.1) is 0 Å². The number of allylic oxidation sites excluding steroid dienone is 1. The predicted octanol–water partition coefficient (Wildman–Crippen LogP) is 3.91. The maximum Gasteiger partial charge on any atom is 0.335 e. The number of H-pyrrole nitrogens is 1. The van der Waals surface area contributed by atoms with Crippen molar-refractivity contribution in [1.29, 1.82) is 0 Å². The lowest BCUT2D eigenvalue weighted by Crippen LogP contribution is -2.30. The molecule has 31 heavy (non-hydrogen) atoms. The largest absolute Gasteiger partial charge is 0.494 e. The van der Waals surface area contributed by atoms with Crippen molar-refractivity contribution in [1.82, 2.24) is 9.55 Å². The maximum absolute atomic E-state index is 12.7. The third kappa shape index (κ3) is 3.20. The lowest BCUT2D eigenvalue weighted by Gasteiger charge is -2.11. The van der Waals surface area contributed by atoms with E-state index in [9.17, 15) is 14.7 Å². The molecule has 0 unspecified atom stereocenters. The number of fused-ring (bicyclic) bond motifs is 1. The fourth-order valence-corrected chi connectivity index (χ4v) is 3.70. The monoisotopic (exact) mass is 407 g/mol. The minimum Gasteiger partial charge on any atom is -0.494 e. The van der Waals surface area contributed by atoms with Crippen molar-refractivity contribution in [2.24, 2.45) is 4.99 Å². The molecule has 0 spiro atoms. The molecule has 2 heterocycles. The van der Waals surface area contributed by atoms with Gasteiger partial charge in [0.2, 0.25) is 5.88 Å². The van der Waals surface area contributed by atoms with Crippen LogP contribution < -0.4 is 11.2 Å². The molecule has 0 atom stereocenters. The third-order valence-electron chi connectivity index (χ3n) is 5.15. The van der Waals surface area contributed by atoms with Crippen molar-refractivity contribution in [2.45, 2.75) is 0 Å². The SMILES string of the molecule is O=c1[nH]c(=O)n(-c2ccccc2)c(O)c1C=C1C(c2ccccc2)=Nc2ccccc21. The first-order valence-corrected chi connectivity index (χ1v) is 9.73. The number of para-hydroxylation sites is 2. The van der Waals surface area contributed by atoms with Crippen molar-refractivity contribution in [2.75, 3.05) is 0 Å². The number of aliphatic imine (C=N–C) groups is 1. The molecule has 0 saturated carbocycles. The average molecular weight is 407 g/mol. The molecule has 1 aliphatic heterocycles. The Morgan fingerprint density at radius 3 is 2.23 bits per heavy atom. The van der Waals surface area contributed by atoms with Gasteiger partial charge in [-0.3, -0.25) is 9.78 Å². The molecule has 3 aromatic carbocycles. The van der Waals surface area contributed by atoms with Crippen LogP contribution in [0.4, 0.5) is 5.69 Å². The van der Waals surface area contributed by atoms with Crippen molar-refractivity contribution < 1.29 is 5.11 Å². The Morgan fingerprint density at radius 1 is 0.839 bits per heavy atom. The van der Waals surface area contributed by atoms with Crippen molar-refractivity contribution in [3.8, 4) is 11.6 Å². The molecule has 6 heteroatoms. The van der Waals surface area contributed by atoms with Gasteiger partial charge in [0, 0.05) is 16.7 Å². The number of rotatable bonds is 3. The Hall–Kier alpha value is -4.45. The summed E-state index contributed by atoms with van der Waals surface area (Å²) < 4.78 is 1.08. The third-order valence-corrected chi connectivity index (χ3v) is 5.15. The van der Waals surface area contributed by atoms with Crippen LogP contribution in [0.5, 0.6) is 5.88 Å². The minimum absolute atomic E-state index is 0.0150. The second-order valence-corrected chi connectivity index (χ2v) is 7.07. The van der Waals surface area contributed by atoms with E-state index < -0.39 is 17.1 Å². The van der Waals surface area contributed by atoms with Gasteiger partial charge in [-0.2, -0.15) is 0 Å². The maximum atomic E-state index is 12.7. The molecule has 5 rings (SSSR count). The molecule has 1 aromatic heterocycles. The molecule has 0 radical (unpaired) electrons. The number of nitrogens with one attached hydrogen (secondary N) is 1. The summed E-state index contributed by atoms with van der Waals surface area (Å²) in [5.74, 6) is -0.427. The highest BCUT2D eigenvalue weighted by Crippen LogP contribution is 2.38. The molecule has 4 aromatic rings. The predicted molar refractivity (Wildman–Crippen MR) is 121 cm³/mol.